The molecule has 11 aromatic rings. The standard InChI is InChI=1S/C54H32N4/c1-2-14-33(15-3-1)36-19-10-20-37(32-36)51-55-52(41-24-11-17-34-16-4-5-21-38(34)41)57-53(56-51)58-46-29-13-28-45-49(46)50-47(58)31-30-35-18-12-27-44(48(35)50)54(45)42-25-8-6-22-39(42)40-23-7-9-26-43(40)54/h1-32H. The molecule has 0 fully saturated rings. The molecule has 1 spiro atoms. The van der Waals surface area contributed by atoms with E-state index in [1.165, 1.54) is 54.9 Å². The molecule has 0 saturated carbocycles. The molecular weight excluding hydrogens is 705 g/mol. The molecule has 2 aliphatic rings. The molecule has 0 unspecified atom stereocenters. The van der Waals surface area contributed by atoms with Crippen molar-refractivity contribution in [2.24, 2.45) is 0 Å². The summed E-state index contributed by atoms with van der Waals surface area (Å²) in [7, 11) is 0. The fraction of sp³-hybridized carbons (Fsp3) is 0.0185. The van der Waals surface area contributed by atoms with E-state index >= 15 is 0 Å². The maximum absolute atomic E-state index is 5.43. The van der Waals surface area contributed by atoms with Crippen LogP contribution in [0.1, 0.15) is 22.3 Å². The summed E-state index contributed by atoms with van der Waals surface area (Å²) in [5.74, 6) is 1.86. The second-order valence-corrected chi connectivity index (χ2v) is 15.5. The van der Waals surface area contributed by atoms with E-state index in [0.717, 1.165) is 44.1 Å². The third-order valence-electron chi connectivity index (χ3n) is 12.6. The molecule has 2 heterocycles. The summed E-state index contributed by atoms with van der Waals surface area (Å²) in [4.78, 5) is 16.1. The van der Waals surface area contributed by atoms with Crippen molar-refractivity contribution >= 4 is 43.4 Å². The third-order valence-corrected chi connectivity index (χ3v) is 12.6. The van der Waals surface area contributed by atoms with Crippen LogP contribution in [0, 0.1) is 0 Å². The normalized spacial score (nSPS) is 13.3. The Balaban J connectivity index is 1.15. The number of benzene rings is 9. The smallest absolute Gasteiger partial charge is 0.238 e. The van der Waals surface area contributed by atoms with E-state index in [0.29, 0.717) is 17.6 Å². The molecule has 4 nitrogen and oxygen atoms in total. The Morgan fingerprint density at radius 3 is 1.76 bits per heavy atom. The molecule has 2 aliphatic carbocycles. The zero-order valence-corrected chi connectivity index (χ0v) is 31.3. The van der Waals surface area contributed by atoms with Crippen molar-refractivity contribution < 1.29 is 0 Å². The first-order chi connectivity index (χ1) is 28.8. The van der Waals surface area contributed by atoms with Crippen molar-refractivity contribution in [2.45, 2.75) is 5.41 Å². The number of fused-ring (bicyclic) bond motifs is 8. The Kier molecular flexibility index (Phi) is 6.34. The first-order valence-corrected chi connectivity index (χ1v) is 19.9. The van der Waals surface area contributed by atoms with Gasteiger partial charge in [-0.25, -0.2) is 4.98 Å². The average molecular weight is 737 g/mol. The van der Waals surface area contributed by atoms with Crippen LogP contribution in [0.3, 0.4) is 0 Å². The van der Waals surface area contributed by atoms with Gasteiger partial charge in [-0.05, 0) is 84.3 Å². The highest BCUT2D eigenvalue weighted by molar-refractivity contribution is 6.26. The largest absolute Gasteiger partial charge is 0.278 e. The number of nitrogens with zero attached hydrogens (tertiary/aromatic N) is 4. The molecular formula is C54H32N4. The lowest BCUT2D eigenvalue weighted by atomic mass is 9.63. The Morgan fingerprint density at radius 1 is 0.345 bits per heavy atom. The lowest BCUT2D eigenvalue weighted by Gasteiger charge is -2.37. The van der Waals surface area contributed by atoms with Gasteiger partial charge >= 0.3 is 0 Å². The van der Waals surface area contributed by atoms with E-state index in [9.17, 15) is 0 Å². The van der Waals surface area contributed by atoms with Gasteiger partial charge in [0.2, 0.25) is 5.95 Å². The summed E-state index contributed by atoms with van der Waals surface area (Å²) in [5, 5.41) is 7.24. The summed E-state index contributed by atoms with van der Waals surface area (Å²) in [5.41, 5.74) is 13.7. The molecule has 58 heavy (non-hydrogen) atoms. The van der Waals surface area contributed by atoms with Gasteiger partial charge in [-0.3, -0.25) is 4.57 Å². The Bertz CT molecular complexity index is 3470. The topological polar surface area (TPSA) is 43.6 Å². The molecule has 2 aromatic heterocycles. The number of rotatable bonds is 4. The van der Waals surface area contributed by atoms with E-state index in [-0.39, 0.29) is 0 Å². The molecule has 0 atom stereocenters. The highest BCUT2D eigenvalue weighted by Crippen LogP contribution is 2.62. The predicted octanol–water partition coefficient (Wildman–Crippen LogP) is 13.0. The van der Waals surface area contributed by atoms with Crippen molar-refractivity contribution in [2.75, 3.05) is 0 Å². The Hall–Kier alpha value is -7.69. The average Bonchev–Trinajstić information content (AvgIpc) is 3.80. The summed E-state index contributed by atoms with van der Waals surface area (Å²) in [6, 6.07) is 70.1. The van der Waals surface area contributed by atoms with E-state index in [4.69, 9.17) is 15.0 Å². The molecule has 9 aromatic carbocycles. The monoisotopic (exact) mass is 736 g/mol. The van der Waals surface area contributed by atoms with Gasteiger partial charge < -0.3 is 0 Å². The van der Waals surface area contributed by atoms with Crippen LogP contribution < -0.4 is 0 Å². The van der Waals surface area contributed by atoms with Gasteiger partial charge in [-0.15, -0.1) is 0 Å². The lowest BCUT2D eigenvalue weighted by Crippen LogP contribution is -2.30. The van der Waals surface area contributed by atoms with Crippen LogP contribution in [-0.2, 0) is 5.41 Å². The van der Waals surface area contributed by atoms with Crippen LogP contribution in [0.2, 0.25) is 0 Å². The SMILES string of the molecule is c1ccc(-c2cccc(-c3nc(-c4cccc5ccccc45)nc(-n4c5cccc6c5c5c7c(cccc7ccc54)C64c5ccccc5-c5ccccc54)n3)c2)cc1. The van der Waals surface area contributed by atoms with Gasteiger partial charge in [-0.2, -0.15) is 9.97 Å². The van der Waals surface area contributed by atoms with Crippen LogP contribution in [0.25, 0.3) is 94.3 Å². The van der Waals surface area contributed by atoms with Gasteiger partial charge in [0.25, 0.3) is 0 Å². The van der Waals surface area contributed by atoms with Crippen molar-refractivity contribution in [3.63, 3.8) is 0 Å². The summed E-state index contributed by atoms with van der Waals surface area (Å²) >= 11 is 0. The third kappa shape index (κ3) is 4.10. The second-order valence-electron chi connectivity index (χ2n) is 15.5. The number of hydrogen-bond acceptors (Lipinski definition) is 3. The Morgan fingerprint density at radius 2 is 0.914 bits per heavy atom. The molecule has 268 valence electrons. The first-order valence-electron chi connectivity index (χ1n) is 19.9. The molecule has 0 radical (unpaired) electrons. The van der Waals surface area contributed by atoms with Gasteiger partial charge in [0.1, 0.15) is 0 Å². The zero-order chi connectivity index (χ0) is 38.0. The van der Waals surface area contributed by atoms with Crippen LogP contribution in [0.4, 0.5) is 0 Å². The predicted molar refractivity (Wildman–Crippen MR) is 236 cm³/mol. The summed E-state index contributed by atoms with van der Waals surface area (Å²) < 4.78 is 2.29. The molecule has 4 heteroatoms. The second kappa shape index (κ2) is 11.7. The molecule has 0 bridgehead atoms. The molecule has 0 amide bonds. The van der Waals surface area contributed by atoms with Gasteiger partial charge in [-0.1, -0.05) is 176 Å². The van der Waals surface area contributed by atoms with Gasteiger partial charge in [0.05, 0.1) is 16.4 Å². The van der Waals surface area contributed by atoms with E-state index in [1.54, 1.807) is 0 Å². The fourth-order valence-electron chi connectivity index (χ4n) is 10.3. The van der Waals surface area contributed by atoms with E-state index in [1.807, 2.05) is 0 Å². The minimum Gasteiger partial charge on any atom is -0.278 e. The minimum atomic E-state index is -0.490. The van der Waals surface area contributed by atoms with Gasteiger partial charge in [0, 0.05) is 21.9 Å². The van der Waals surface area contributed by atoms with E-state index in [2.05, 4.69) is 199 Å². The number of hydrogen-bond donors (Lipinski definition) is 0. The highest BCUT2D eigenvalue weighted by Gasteiger charge is 2.50. The van der Waals surface area contributed by atoms with Crippen molar-refractivity contribution in [1.29, 1.82) is 0 Å². The zero-order valence-electron chi connectivity index (χ0n) is 31.3. The summed E-state index contributed by atoms with van der Waals surface area (Å²) in [6.07, 6.45) is 0. The first kappa shape index (κ1) is 31.5. The fourth-order valence-corrected chi connectivity index (χ4v) is 10.3. The molecule has 13 rings (SSSR count). The number of aromatic nitrogens is 4. The lowest BCUT2D eigenvalue weighted by molar-refractivity contribution is 0.783. The minimum absolute atomic E-state index is 0.490. The van der Waals surface area contributed by atoms with E-state index < -0.39 is 5.41 Å². The van der Waals surface area contributed by atoms with Crippen LogP contribution >= 0.6 is 0 Å². The summed E-state index contributed by atoms with van der Waals surface area (Å²) in [6.45, 7) is 0. The van der Waals surface area contributed by atoms with Crippen molar-refractivity contribution in [1.82, 2.24) is 19.5 Å². The maximum atomic E-state index is 5.43. The van der Waals surface area contributed by atoms with Crippen LogP contribution in [0.5, 0.6) is 0 Å². The van der Waals surface area contributed by atoms with Crippen molar-refractivity contribution in [3.8, 4) is 51.0 Å². The highest BCUT2D eigenvalue weighted by atomic mass is 15.2. The molecule has 0 N–H and O–H groups in total. The maximum Gasteiger partial charge on any atom is 0.238 e. The van der Waals surface area contributed by atoms with Gasteiger partial charge in [0.15, 0.2) is 11.6 Å². The quantitative estimate of drug-likeness (QED) is 0.181. The van der Waals surface area contributed by atoms with Crippen LogP contribution in [-0.4, -0.2) is 19.5 Å². The van der Waals surface area contributed by atoms with Crippen LogP contribution in [0.15, 0.2) is 194 Å². The molecule has 0 aliphatic heterocycles. The Labute approximate surface area is 334 Å². The molecule has 0 saturated heterocycles. The van der Waals surface area contributed by atoms with Crippen molar-refractivity contribution in [3.05, 3.63) is 216 Å².